The summed E-state index contributed by atoms with van der Waals surface area (Å²) in [4.78, 5) is 31.2. The molecule has 220 valence electrons. The zero-order valence-corrected chi connectivity index (χ0v) is 23.9. The van der Waals surface area contributed by atoms with E-state index in [1.54, 1.807) is 0 Å². The second-order valence-corrected chi connectivity index (χ2v) is 9.20. The molecule has 0 spiro atoms. The van der Waals surface area contributed by atoms with Crippen LogP contribution in [0.3, 0.4) is 0 Å². The molecule has 4 aromatic rings. The largest absolute Gasteiger partial charge is 0.508 e. The first-order chi connectivity index (χ1) is 20.1. The summed E-state index contributed by atoms with van der Waals surface area (Å²) >= 11 is 5.58. The third-order valence-electron chi connectivity index (χ3n) is 5.59. The molecule has 1 N–H and O–H groups in total. The number of non-ortho nitro benzene ring substituents is 2. The number of rotatable bonds is 8. The lowest BCUT2D eigenvalue weighted by atomic mass is 10.2. The zero-order valence-electron chi connectivity index (χ0n) is 23.1. The second kappa shape index (κ2) is 17.8. The van der Waals surface area contributed by atoms with Gasteiger partial charge in [0, 0.05) is 30.1 Å². The number of hydrogen-bond donors (Lipinski definition) is 1. The van der Waals surface area contributed by atoms with Gasteiger partial charge in [-0.15, -0.1) is 11.6 Å². The van der Waals surface area contributed by atoms with Crippen molar-refractivity contribution in [2.45, 2.75) is 39.5 Å². The maximum Gasteiger partial charge on any atom is 0.508 e. The van der Waals surface area contributed by atoms with E-state index in [-0.39, 0.29) is 31.2 Å². The first-order valence-corrected chi connectivity index (χ1v) is 13.2. The van der Waals surface area contributed by atoms with Crippen LogP contribution in [0.25, 0.3) is 0 Å². The first kappa shape index (κ1) is 33.4. The van der Waals surface area contributed by atoms with E-state index in [4.69, 9.17) is 26.2 Å². The number of halogens is 1. The maximum atomic E-state index is 11.5. The minimum atomic E-state index is -0.779. The summed E-state index contributed by atoms with van der Waals surface area (Å²) in [7, 11) is 0. The number of aliphatic hydroxyl groups excluding tert-OH is 1. The van der Waals surface area contributed by atoms with Gasteiger partial charge >= 0.3 is 6.16 Å². The van der Waals surface area contributed by atoms with E-state index in [2.05, 4.69) is 19.1 Å². The van der Waals surface area contributed by atoms with Gasteiger partial charge in [0.05, 0.1) is 16.5 Å². The Morgan fingerprint density at radius 2 is 0.976 bits per heavy atom. The Balaban J connectivity index is 0.000000255. The average Bonchev–Trinajstić information content (AvgIpc) is 3.01. The van der Waals surface area contributed by atoms with Gasteiger partial charge in [0.25, 0.3) is 11.4 Å². The molecule has 0 fully saturated rings. The van der Waals surface area contributed by atoms with Crippen molar-refractivity contribution in [3.05, 3.63) is 151 Å². The predicted molar refractivity (Wildman–Crippen MR) is 159 cm³/mol. The van der Waals surface area contributed by atoms with Gasteiger partial charge < -0.3 is 14.6 Å². The molecule has 0 unspecified atom stereocenters. The molecule has 4 rings (SSSR count). The Bertz CT molecular complexity index is 1410. The highest BCUT2D eigenvalue weighted by molar-refractivity contribution is 6.17. The number of alkyl halides is 1. The molecule has 0 heterocycles. The molecule has 4 aromatic carbocycles. The second-order valence-electron chi connectivity index (χ2n) is 8.94. The van der Waals surface area contributed by atoms with Crippen molar-refractivity contribution in [3.8, 4) is 0 Å². The minimum absolute atomic E-state index is 0.00469. The van der Waals surface area contributed by atoms with Crippen molar-refractivity contribution in [1.29, 1.82) is 0 Å². The number of aryl methyl sites for hydroxylation is 2. The number of nitro benzene ring substituents is 2. The van der Waals surface area contributed by atoms with Gasteiger partial charge in [-0.1, -0.05) is 59.7 Å². The molecule has 11 heteroatoms. The summed E-state index contributed by atoms with van der Waals surface area (Å²) in [6, 6.07) is 27.4. The van der Waals surface area contributed by atoms with Crippen molar-refractivity contribution in [1.82, 2.24) is 0 Å². The molecule has 0 aliphatic carbocycles. The predicted octanol–water partition coefficient (Wildman–Crippen LogP) is 7.58. The Hall–Kier alpha value is -4.80. The summed E-state index contributed by atoms with van der Waals surface area (Å²) in [5.74, 6) is 0.611. The van der Waals surface area contributed by atoms with E-state index in [1.165, 1.54) is 59.7 Å². The van der Waals surface area contributed by atoms with Crippen LogP contribution < -0.4 is 0 Å². The van der Waals surface area contributed by atoms with Crippen LogP contribution in [-0.4, -0.2) is 21.1 Å². The van der Waals surface area contributed by atoms with Crippen LogP contribution in [-0.2, 0) is 35.2 Å². The Labute approximate surface area is 248 Å². The topological polar surface area (TPSA) is 142 Å². The van der Waals surface area contributed by atoms with Gasteiger partial charge in [0.2, 0.25) is 0 Å². The molecule has 0 saturated heterocycles. The van der Waals surface area contributed by atoms with E-state index in [0.717, 1.165) is 11.1 Å². The van der Waals surface area contributed by atoms with Gasteiger partial charge in [-0.05, 0) is 60.4 Å². The fourth-order valence-electron chi connectivity index (χ4n) is 3.12. The van der Waals surface area contributed by atoms with Crippen molar-refractivity contribution >= 4 is 29.1 Å². The van der Waals surface area contributed by atoms with E-state index >= 15 is 0 Å². The molecular formula is C31H31ClN2O8. The van der Waals surface area contributed by atoms with E-state index in [0.29, 0.717) is 17.0 Å². The number of aliphatic hydroxyl groups is 1. The monoisotopic (exact) mass is 594 g/mol. The standard InChI is InChI=1S/C16H15NO5.C8H9Cl.C7H7NO3/c1-12-2-4-13(5-3-12)10-21-16(18)22-11-14-6-8-15(9-7-14)17(19)20;1-7-2-4-8(6-9)5-3-7;9-5-6-1-3-7(4-2-6)8(10)11/h2-9H,10-11H2,1H3;2-5H,6H2,1H3;1-4,9H,5H2. The fraction of sp³-hybridized carbons (Fsp3) is 0.194. The van der Waals surface area contributed by atoms with Crippen molar-refractivity contribution in [2.24, 2.45) is 0 Å². The fourth-order valence-corrected chi connectivity index (χ4v) is 3.30. The molecule has 10 nitrogen and oxygen atoms in total. The number of nitro groups is 2. The zero-order chi connectivity index (χ0) is 30.9. The Morgan fingerprint density at radius 1 is 0.643 bits per heavy atom. The molecule has 42 heavy (non-hydrogen) atoms. The maximum absolute atomic E-state index is 11.5. The van der Waals surface area contributed by atoms with Crippen LogP contribution >= 0.6 is 11.6 Å². The van der Waals surface area contributed by atoms with Gasteiger partial charge in [0.15, 0.2) is 0 Å². The number of carbonyl (C=O) groups is 1. The molecule has 0 radical (unpaired) electrons. The van der Waals surface area contributed by atoms with Crippen LogP contribution in [0.15, 0.2) is 97.1 Å². The number of benzene rings is 4. The highest BCUT2D eigenvalue weighted by atomic mass is 35.5. The number of carbonyl (C=O) groups excluding carboxylic acids is 1. The highest BCUT2D eigenvalue weighted by Crippen LogP contribution is 2.13. The molecule has 0 atom stereocenters. The smallest absolute Gasteiger partial charge is 0.429 e. The van der Waals surface area contributed by atoms with Gasteiger partial charge in [0.1, 0.15) is 13.2 Å². The van der Waals surface area contributed by atoms with Crippen molar-refractivity contribution in [3.63, 3.8) is 0 Å². The summed E-state index contributed by atoms with van der Waals surface area (Å²) in [5.41, 5.74) is 5.83. The van der Waals surface area contributed by atoms with E-state index in [9.17, 15) is 25.0 Å². The van der Waals surface area contributed by atoms with Gasteiger partial charge in [-0.25, -0.2) is 4.79 Å². The molecule has 0 aliphatic heterocycles. The third kappa shape index (κ3) is 12.6. The Morgan fingerprint density at radius 3 is 1.31 bits per heavy atom. The van der Waals surface area contributed by atoms with Crippen LogP contribution in [0, 0.1) is 34.1 Å². The lowest BCUT2D eigenvalue weighted by Crippen LogP contribution is -2.07. The Kier molecular flexibility index (Phi) is 14.2. The highest BCUT2D eigenvalue weighted by Gasteiger charge is 2.08. The van der Waals surface area contributed by atoms with E-state index in [1.807, 2.05) is 43.3 Å². The number of nitrogens with zero attached hydrogens (tertiary/aromatic N) is 2. The molecule has 0 aliphatic rings. The van der Waals surface area contributed by atoms with Crippen molar-refractivity contribution < 1.29 is 29.2 Å². The molecule has 0 bridgehead atoms. The lowest BCUT2D eigenvalue weighted by Gasteiger charge is -2.06. The normalized spacial score (nSPS) is 9.81. The van der Waals surface area contributed by atoms with Crippen LogP contribution in [0.2, 0.25) is 0 Å². The SMILES string of the molecule is Cc1ccc(CCl)cc1.Cc1ccc(COC(=O)OCc2ccc([N+](=O)[O-])cc2)cc1.O=[N+]([O-])c1ccc(CO)cc1. The minimum Gasteiger partial charge on any atom is -0.429 e. The van der Waals surface area contributed by atoms with Crippen LogP contribution in [0.1, 0.15) is 33.4 Å². The number of hydrogen-bond acceptors (Lipinski definition) is 8. The first-order valence-electron chi connectivity index (χ1n) is 12.7. The molecule has 0 amide bonds. The summed E-state index contributed by atoms with van der Waals surface area (Å²) in [6.45, 7) is 4.10. The summed E-state index contributed by atoms with van der Waals surface area (Å²) in [5, 5.41) is 29.3. The van der Waals surface area contributed by atoms with Crippen LogP contribution in [0.5, 0.6) is 0 Å². The molecule has 0 saturated carbocycles. The quantitative estimate of drug-likeness (QED) is 0.0951. The van der Waals surface area contributed by atoms with Crippen molar-refractivity contribution in [2.75, 3.05) is 0 Å². The third-order valence-corrected chi connectivity index (χ3v) is 5.89. The lowest BCUT2D eigenvalue weighted by molar-refractivity contribution is -0.385. The summed E-state index contributed by atoms with van der Waals surface area (Å²) < 4.78 is 9.93. The molecule has 0 aromatic heterocycles. The van der Waals surface area contributed by atoms with Gasteiger partial charge in [-0.3, -0.25) is 20.2 Å². The van der Waals surface area contributed by atoms with Gasteiger partial charge in [-0.2, -0.15) is 0 Å². The molecular weight excluding hydrogens is 564 g/mol. The average molecular weight is 595 g/mol. The summed E-state index contributed by atoms with van der Waals surface area (Å²) in [6.07, 6.45) is -0.779. The van der Waals surface area contributed by atoms with E-state index < -0.39 is 16.0 Å². The number of ether oxygens (including phenoxy) is 2. The van der Waals surface area contributed by atoms with Crippen LogP contribution in [0.4, 0.5) is 16.2 Å².